The lowest BCUT2D eigenvalue weighted by Gasteiger charge is -2.38. The van der Waals surface area contributed by atoms with Gasteiger partial charge < -0.3 is 0 Å². The molecule has 0 bridgehead atoms. The van der Waals surface area contributed by atoms with Gasteiger partial charge in [-0.2, -0.15) is 0 Å². The van der Waals surface area contributed by atoms with Crippen molar-refractivity contribution in [2.45, 2.75) is 32.5 Å². The van der Waals surface area contributed by atoms with Crippen LogP contribution in [0.15, 0.2) is 41.8 Å². The maximum Gasteiger partial charge on any atom is 0.168 e. The zero-order valence-corrected chi connectivity index (χ0v) is 18.6. The number of benzene rings is 1. The van der Waals surface area contributed by atoms with Crippen LogP contribution in [0.25, 0.3) is 10.2 Å². The minimum Gasteiger partial charge on any atom is -0.294 e. The number of thiazole rings is 1. The van der Waals surface area contributed by atoms with E-state index in [2.05, 4.69) is 74.0 Å². The molecule has 0 saturated carbocycles. The number of aromatic nitrogens is 5. The lowest BCUT2D eigenvalue weighted by molar-refractivity contribution is 0.0844. The van der Waals surface area contributed by atoms with E-state index >= 15 is 0 Å². The molecule has 0 radical (unpaired) electrons. The van der Waals surface area contributed by atoms with E-state index in [0.717, 1.165) is 57.0 Å². The van der Waals surface area contributed by atoms with Gasteiger partial charge in [-0.3, -0.25) is 9.80 Å². The molecule has 1 saturated heterocycles. The van der Waals surface area contributed by atoms with Gasteiger partial charge in [0.2, 0.25) is 0 Å². The molecule has 1 aliphatic heterocycles. The lowest BCUT2D eigenvalue weighted by atomic mass is 10.1. The van der Waals surface area contributed by atoms with Crippen LogP contribution in [-0.4, -0.2) is 61.2 Å². The molecule has 0 amide bonds. The van der Waals surface area contributed by atoms with Crippen LogP contribution in [0.1, 0.15) is 35.1 Å². The molecule has 3 aromatic heterocycles. The molecule has 1 unspecified atom stereocenters. The normalized spacial score (nSPS) is 17.0. The Bertz CT molecular complexity index is 1050. The molecule has 1 fully saturated rings. The molecule has 0 spiro atoms. The summed E-state index contributed by atoms with van der Waals surface area (Å²) in [5.74, 6) is 0.977. The summed E-state index contributed by atoms with van der Waals surface area (Å²) in [5, 5.41) is 15.9. The third kappa shape index (κ3) is 4.15. The van der Waals surface area contributed by atoms with Gasteiger partial charge in [0, 0.05) is 31.1 Å². The molecule has 9 heteroatoms. The van der Waals surface area contributed by atoms with E-state index < -0.39 is 0 Å². The van der Waals surface area contributed by atoms with Crippen LogP contribution in [0, 0.1) is 0 Å². The number of thiophene rings is 1. The Balaban J connectivity index is 1.22. The maximum absolute atomic E-state index is 4.80. The Morgan fingerprint density at radius 3 is 2.67 bits per heavy atom. The molecule has 0 N–H and O–H groups in total. The number of piperazine rings is 1. The second-order valence-corrected chi connectivity index (χ2v) is 9.73. The Kier molecular flexibility index (Phi) is 5.85. The van der Waals surface area contributed by atoms with Crippen molar-refractivity contribution >= 4 is 32.9 Å². The van der Waals surface area contributed by atoms with E-state index in [-0.39, 0.29) is 6.04 Å². The number of fused-ring (bicyclic) bond motifs is 1. The van der Waals surface area contributed by atoms with Crippen molar-refractivity contribution in [1.29, 1.82) is 0 Å². The molecule has 156 valence electrons. The van der Waals surface area contributed by atoms with E-state index in [0.29, 0.717) is 0 Å². The van der Waals surface area contributed by atoms with E-state index in [1.807, 2.05) is 16.0 Å². The van der Waals surface area contributed by atoms with Gasteiger partial charge in [0.1, 0.15) is 5.01 Å². The highest BCUT2D eigenvalue weighted by Crippen LogP contribution is 2.26. The lowest BCUT2D eigenvalue weighted by Crippen LogP contribution is -2.47. The largest absolute Gasteiger partial charge is 0.294 e. The van der Waals surface area contributed by atoms with Gasteiger partial charge in [0.05, 0.1) is 29.3 Å². The average molecular weight is 440 g/mol. The van der Waals surface area contributed by atoms with E-state index in [1.54, 1.807) is 11.3 Å². The Morgan fingerprint density at radius 1 is 1.03 bits per heavy atom. The quantitative estimate of drug-likeness (QED) is 0.438. The summed E-state index contributed by atoms with van der Waals surface area (Å²) in [4.78, 5) is 11.1. The predicted molar refractivity (Wildman–Crippen MR) is 121 cm³/mol. The van der Waals surface area contributed by atoms with Crippen molar-refractivity contribution in [3.05, 3.63) is 57.5 Å². The molecule has 4 aromatic rings. The second-order valence-electron chi connectivity index (χ2n) is 7.59. The first kappa shape index (κ1) is 19.7. The monoisotopic (exact) mass is 439 g/mol. The summed E-state index contributed by atoms with van der Waals surface area (Å²) in [7, 11) is 0. The van der Waals surface area contributed by atoms with Crippen molar-refractivity contribution in [3.63, 3.8) is 0 Å². The van der Waals surface area contributed by atoms with Crippen molar-refractivity contribution in [2.75, 3.05) is 26.2 Å². The first-order valence-corrected chi connectivity index (χ1v) is 12.1. The highest BCUT2D eigenvalue weighted by molar-refractivity contribution is 7.18. The average Bonchev–Trinajstić information content (AvgIpc) is 3.52. The molecule has 1 aromatic carbocycles. The molecule has 1 atom stereocenters. The van der Waals surface area contributed by atoms with E-state index in [9.17, 15) is 0 Å². The van der Waals surface area contributed by atoms with Crippen molar-refractivity contribution in [2.24, 2.45) is 0 Å². The van der Waals surface area contributed by atoms with Gasteiger partial charge in [-0.15, -0.1) is 27.8 Å². The fourth-order valence-electron chi connectivity index (χ4n) is 4.13. The number of hydrogen-bond donors (Lipinski definition) is 0. The van der Waals surface area contributed by atoms with Crippen LogP contribution in [0.4, 0.5) is 0 Å². The van der Waals surface area contributed by atoms with Gasteiger partial charge in [-0.05, 0) is 40.4 Å². The van der Waals surface area contributed by atoms with Gasteiger partial charge in [0.25, 0.3) is 0 Å². The topological polar surface area (TPSA) is 63.0 Å². The standard InChI is InChI=1S/C21H25N7S2/c1-2-18(21-23-24-25-28(21)14-16-6-5-13-29-16)27-11-9-26(10-12-27)15-20-22-17-7-3-4-8-19(17)30-20/h3-8,13,18H,2,9-12,14-15H2,1H3. The van der Waals surface area contributed by atoms with Crippen LogP contribution in [0.5, 0.6) is 0 Å². The Morgan fingerprint density at radius 2 is 1.90 bits per heavy atom. The molecular weight excluding hydrogens is 414 g/mol. The van der Waals surface area contributed by atoms with Crippen LogP contribution >= 0.6 is 22.7 Å². The summed E-state index contributed by atoms with van der Waals surface area (Å²) < 4.78 is 3.24. The van der Waals surface area contributed by atoms with E-state index in [4.69, 9.17) is 4.98 Å². The smallest absolute Gasteiger partial charge is 0.168 e. The van der Waals surface area contributed by atoms with Crippen molar-refractivity contribution in [3.8, 4) is 0 Å². The summed E-state index contributed by atoms with van der Waals surface area (Å²) in [5.41, 5.74) is 1.11. The minimum atomic E-state index is 0.254. The number of rotatable bonds is 7. The molecule has 0 aliphatic carbocycles. The molecule has 30 heavy (non-hydrogen) atoms. The first-order valence-electron chi connectivity index (χ1n) is 10.4. The zero-order valence-electron chi connectivity index (χ0n) is 17.0. The SMILES string of the molecule is CCC(c1nnnn1Cc1cccs1)N1CCN(Cc2nc3ccccc3s2)CC1. The Hall–Kier alpha value is -2.20. The van der Waals surface area contributed by atoms with Crippen LogP contribution in [0.3, 0.4) is 0 Å². The van der Waals surface area contributed by atoms with Crippen LogP contribution in [0.2, 0.25) is 0 Å². The van der Waals surface area contributed by atoms with Crippen LogP contribution in [-0.2, 0) is 13.1 Å². The minimum absolute atomic E-state index is 0.254. The highest BCUT2D eigenvalue weighted by atomic mass is 32.1. The Labute approximate surface area is 184 Å². The maximum atomic E-state index is 4.80. The number of para-hydroxylation sites is 1. The van der Waals surface area contributed by atoms with Gasteiger partial charge >= 0.3 is 0 Å². The van der Waals surface area contributed by atoms with Gasteiger partial charge in [-0.25, -0.2) is 9.67 Å². The third-order valence-electron chi connectivity index (χ3n) is 5.67. The molecule has 4 heterocycles. The second kappa shape index (κ2) is 8.89. The fraction of sp³-hybridized carbons (Fsp3) is 0.429. The molecule has 7 nitrogen and oxygen atoms in total. The van der Waals surface area contributed by atoms with Gasteiger partial charge in [0.15, 0.2) is 5.82 Å². The fourth-order valence-corrected chi connectivity index (χ4v) is 5.82. The van der Waals surface area contributed by atoms with E-state index in [1.165, 1.54) is 14.6 Å². The molecule has 1 aliphatic rings. The number of hydrogen-bond acceptors (Lipinski definition) is 8. The number of tetrazole rings is 1. The summed E-state index contributed by atoms with van der Waals surface area (Å²) in [6.07, 6.45) is 1.00. The first-order chi connectivity index (χ1) is 14.8. The van der Waals surface area contributed by atoms with Crippen LogP contribution < -0.4 is 0 Å². The molecular formula is C21H25N7S2. The predicted octanol–water partition coefficient (Wildman–Crippen LogP) is 3.66. The van der Waals surface area contributed by atoms with Crippen molar-refractivity contribution in [1.82, 2.24) is 35.0 Å². The molecule has 5 rings (SSSR count). The zero-order chi connectivity index (χ0) is 20.3. The van der Waals surface area contributed by atoms with Crippen molar-refractivity contribution < 1.29 is 0 Å². The third-order valence-corrected chi connectivity index (χ3v) is 7.56. The summed E-state index contributed by atoms with van der Waals surface area (Å²) in [6, 6.07) is 12.9. The van der Waals surface area contributed by atoms with Gasteiger partial charge in [-0.1, -0.05) is 25.1 Å². The summed E-state index contributed by atoms with van der Waals surface area (Å²) in [6.45, 7) is 8.03. The summed E-state index contributed by atoms with van der Waals surface area (Å²) >= 11 is 3.55. The highest BCUT2D eigenvalue weighted by Gasteiger charge is 2.28. The number of nitrogens with zero attached hydrogens (tertiary/aromatic N) is 7.